The molecule has 1 N–H and O–H groups in total. The molecule has 0 saturated carbocycles. The van der Waals surface area contributed by atoms with Gasteiger partial charge < -0.3 is 4.90 Å². The Bertz CT molecular complexity index is 668. The molecule has 0 spiro atoms. The third-order valence-corrected chi connectivity index (χ3v) is 4.97. The predicted molar refractivity (Wildman–Crippen MR) is 82.0 cm³/mol. The number of sulfonamides is 1. The van der Waals surface area contributed by atoms with E-state index in [-0.39, 0.29) is 23.4 Å². The number of nitrogens with one attached hydrogen (secondary N) is 1. The number of carbonyl (C=O) groups excluding carboxylic acids is 1. The van der Waals surface area contributed by atoms with Crippen LogP contribution in [0.3, 0.4) is 0 Å². The summed E-state index contributed by atoms with van der Waals surface area (Å²) >= 11 is 0. The Morgan fingerprint density at radius 1 is 1.32 bits per heavy atom. The highest BCUT2D eigenvalue weighted by Crippen LogP contribution is 2.22. The van der Waals surface area contributed by atoms with E-state index >= 15 is 0 Å². The lowest BCUT2D eigenvalue weighted by Crippen LogP contribution is -2.44. The SMILES string of the molecule is CC(C)(C)N1CC(NS(=O)(=O)Cc2ccccc2F)CC1=O. The Balaban J connectivity index is 2.05. The highest BCUT2D eigenvalue weighted by Gasteiger charge is 2.37. The van der Waals surface area contributed by atoms with Crippen molar-refractivity contribution in [1.29, 1.82) is 0 Å². The molecule has 1 atom stereocenters. The largest absolute Gasteiger partial charge is 0.336 e. The minimum atomic E-state index is -3.70. The van der Waals surface area contributed by atoms with Gasteiger partial charge in [0.2, 0.25) is 15.9 Å². The zero-order valence-electron chi connectivity index (χ0n) is 13.0. The molecule has 1 fully saturated rings. The molecule has 1 saturated heterocycles. The van der Waals surface area contributed by atoms with Gasteiger partial charge >= 0.3 is 0 Å². The summed E-state index contributed by atoms with van der Waals surface area (Å²) in [4.78, 5) is 13.6. The lowest BCUT2D eigenvalue weighted by molar-refractivity contribution is -0.131. The summed E-state index contributed by atoms with van der Waals surface area (Å²) in [5, 5.41) is 0. The molecule has 1 aromatic carbocycles. The van der Waals surface area contributed by atoms with Crippen LogP contribution in [0, 0.1) is 5.82 Å². The lowest BCUT2D eigenvalue weighted by Gasteiger charge is -2.32. The number of amides is 1. The normalized spacial score (nSPS) is 19.7. The lowest BCUT2D eigenvalue weighted by atomic mass is 10.1. The average Bonchev–Trinajstić information content (AvgIpc) is 2.72. The molecule has 5 nitrogen and oxygen atoms in total. The molecule has 0 aliphatic carbocycles. The topological polar surface area (TPSA) is 66.5 Å². The van der Waals surface area contributed by atoms with Crippen LogP contribution in [0.5, 0.6) is 0 Å². The van der Waals surface area contributed by atoms with Gasteiger partial charge in [-0.05, 0) is 26.8 Å². The van der Waals surface area contributed by atoms with Crippen LogP contribution >= 0.6 is 0 Å². The standard InChI is InChI=1S/C15H21FN2O3S/c1-15(2,3)18-9-12(8-14(18)19)17-22(20,21)10-11-6-4-5-7-13(11)16/h4-7,12,17H,8-10H2,1-3H3. The monoisotopic (exact) mass is 328 g/mol. The van der Waals surface area contributed by atoms with Crippen molar-refractivity contribution in [2.75, 3.05) is 6.54 Å². The summed E-state index contributed by atoms with van der Waals surface area (Å²) in [5.74, 6) is -1.06. The van der Waals surface area contributed by atoms with Gasteiger partial charge in [0.15, 0.2) is 0 Å². The van der Waals surface area contributed by atoms with Crippen molar-refractivity contribution in [3.63, 3.8) is 0 Å². The second-order valence-corrected chi connectivity index (χ2v) is 8.30. The first kappa shape index (κ1) is 16.9. The smallest absolute Gasteiger partial charge is 0.224 e. The quantitative estimate of drug-likeness (QED) is 0.914. The number of hydrogen-bond donors (Lipinski definition) is 1. The number of hydrogen-bond acceptors (Lipinski definition) is 3. The molecule has 1 aliphatic heterocycles. The first-order valence-corrected chi connectivity index (χ1v) is 8.77. The van der Waals surface area contributed by atoms with Crippen LogP contribution in [0.25, 0.3) is 0 Å². The van der Waals surface area contributed by atoms with Gasteiger partial charge in [-0.3, -0.25) is 4.79 Å². The van der Waals surface area contributed by atoms with Crippen molar-refractivity contribution in [2.45, 2.75) is 44.5 Å². The maximum Gasteiger partial charge on any atom is 0.224 e. The summed E-state index contributed by atoms with van der Waals surface area (Å²) in [5.41, 5.74) is -0.227. The highest BCUT2D eigenvalue weighted by atomic mass is 32.2. The zero-order chi connectivity index (χ0) is 16.5. The van der Waals surface area contributed by atoms with Crippen LogP contribution in [0.15, 0.2) is 24.3 Å². The number of benzene rings is 1. The van der Waals surface area contributed by atoms with Crippen molar-refractivity contribution in [3.8, 4) is 0 Å². The maximum atomic E-state index is 13.6. The summed E-state index contributed by atoms with van der Waals surface area (Å²) in [7, 11) is -3.70. The van der Waals surface area contributed by atoms with Crippen LogP contribution in [0.4, 0.5) is 4.39 Å². The molecule has 1 aliphatic rings. The molecule has 1 heterocycles. The van der Waals surface area contributed by atoms with Gasteiger partial charge in [-0.15, -0.1) is 0 Å². The van der Waals surface area contributed by atoms with Gasteiger partial charge in [-0.1, -0.05) is 18.2 Å². The van der Waals surface area contributed by atoms with Crippen LogP contribution in [-0.2, 0) is 20.6 Å². The number of rotatable bonds is 4. The van der Waals surface area contributed by atoms with Crippen LogP contribution in [0.2, 0.25) is 0 Å². The third kappa shape index (κ3) is 4.04. The van der Waals surface area contributed by atoms with Crippen molar-refractivity contribution in [2.24, 2.45) is 0 Å². The maximum absolute atomic E-state index is 13.6. The summed E-state index contributed by atoms with van der Waals surface area (Å²) in [6.45, 7) is 6.04. The molecule has 1 aromatic rings. The Morgan fingerprint density at radius 2 is 1.95 bits per heavy atom. The molecule has 0 bridgehead atoms. The first-order chi connectivity index (χ1) is 10.1. The van der Waals surface area contributed by atoms with Gasteiger partial charge in [0.05, 0.1) is 5.75 Å². The van der Waals surface area contributed by atoms with Gasteiger partial charge in [0, 0.05) is 30.1 Å². The van der Waals surface area contributed by atoms with E-state index in [4.69, 9.17) is 0 Å². The summed E-state index contributed by atoms with van der Waals surface area (Å²) in [6.07, 6.45) is 0.133. The van der Waals surface area contributed by atoms with Gasteiger partial charge in [-0.2, -0.15) is 0 Å². The molecule has 1 amide bonds. The van der Waals surface area contributed by atoms with Gasteiger partial charge in [-0.25, -0.2) is 17.5 Å². The van der Waals surface area contributed by atoms with E-state index in [9.17, 15) is 17.6 Å². The molecule has 0 radical (unpaired) electrons. The van der Waals surface area contributed by atoms with Gasteiger partial charge in [0.25, 0.3) is 0 Å². The summed E-state index contributed by atoms with van der Waals surface area (Å²) < 4.78 is 40.4. The zero-order valence-corrected chi connectivity index (χ0v) is 13.8. The fourth-order valence-electron chi connectivity index (χ4n) is 2.55. The van der Waals surface area contributed by atoms with Crippen molar-refractivity contribution >= 4 is 15.9 Å². The van der Waals surface area contributed by atoms with Crippen molar-refractivity contribution < 1.29 is 17.6 Å². The Morgan fingerprint density at radius 3 is 2.50 bits per heavy atom. The first-order valence-electron chi connectivity index (χ1n) is 7.12. The van der Waals surface area contributed by atoms with E-state index < -0.39 is 27.6 Å². The number of halogens is 1. The van der Waals surface area contributed by atoms with E-state index in [1.54, 1.807) is 11.0 Å². The van der Waals surface area contributed by atoms with Crippen molar-refractivity contribution in [3.05, 3.63) is 35.6 Å². The Hall–Kier alpha value is -1.47. The number of carbonyl (C=O) groups is 1. The fourth-order valence-corrected chi connectivity index (χ4v) is 3.94. The van der Waals surface area contributed by atoms with E-state index in [0.717, 1.165) is 0 Å². The average molecular weight is 328 g/mol. The minimum Gasteiger partial charge on any atom is -0.336 e. The Kier molecular flexibility index (Phi) is 4.58. The number of likely N-dealkylation sites (tertiary alicyclic amines) is 1. The molecule has 0 aromatic heterocycles. The molecule has 22 heavy (non-hydrogen) atoms. The van der Waals surface area contributed by atoms with Crippen molar-refractivity contribution in [1.82, 2.24) is 9.62 Å². The molecule has 7 heteroatoms. The van der Waals surface area contributed by atoms with Crippen LogP contribution in [0.1, 0.15) is 32.8 Å². The fraction of sp³-hybridized carbons (Fsp3) is 0.533. The highest BCUT2D eigenvalue weighted by molar-refractivity contribution is 7.88. The molecular formula is C15H21FN2O3S. The second-order valence-electron chi connectivity index (χ2n) is 6.54. The molecule has 1 unspecified atom stereocenters. The van der Waals surface area contributed by atoms with E-state index in [1.165, 1.54) is 18.2 Å². The summed E-state index contributed by atoms with van der Waals surface area (Å²) in [6, 6.07) is 5.30. The van der Waals surface area contributed by atoms with Crippen LogP contribution < -0.4 is 4.72 Å². The number of nitrogens with zero attached hydrogens (tertiary/aromatic N) is 1. The van der Waals surface area contributed by atoms with E-state index in [1.807, 2.05) is 20.8 Å². The van der Waals surface area contributed by atoms with E-state index in [2.05, 4.69) is 4.72 Å². The third-order valence-electron chi connectivity index (χ3n) is 3.58. The minimum absolute atomic E-state index is 0.0777. The van der Waals surface area contributed by atoms with Crippen LogP contribution in [-0.4, -0.2) is 37.4 Å². The van der Waals surface area contributed by atoms with E-state index in [0.29, 0.717) is 6.54 Å². The molecule has 2 rings (SSSR count). The van der Waals surface area contributed by atoms with Gasteiger partial charge in [0.1, 0.15) is 5.82 Å². The molecule has 122 valence electrons. The Labute approximate surface area is 130 Å². The molecular weight excluding hydrogens is 307 g/mol. The predicted octanol–water partition coefficient (Wildman–Crippen LogP) is 1.64. The second kappa shape index (κ2) is 5.96.